The number of aliphatic hydroxyl groups excluding tert-OH is 7. The molecule has 2 saturated heterocycles. The first-order valence-corrected chi connectivity index (χ1v) is 46.9. The molecule has 24 nitrogen and oxygen atoms in total. The zero-order chi connectivity index (χ0) is 97.5. The average molecular weight is 1860 g/mol. The third-order valence-electron chi connectivity index (χ3n) is 34.8. The molecule has 0 aromatic heterocycles. The Morgan fingerprint density at radius 3 is 1.10 bits per heavy atom. The van der Waals surface area contributed by atoms with Crippen molar-refractivity contribution in [2.45, 2.75) is 228 Å². The van der Waals surface area contributed by atoms with Crippen molar-refractivity contribution < 1.29 is 121 Å². The van der Waals surface area contributed by atoms with Crippen LogP contribution in [0.5, 0.6) is 0 Å². The topological polar surface area (TPSA) is 422 Å². The van der Waals surface area contributed by atoms with E-state index in [0.29, 0.717) is 119 Å². The van der Waals surface area contributed by atoms with Gasteiger partial charge in [0.1, 0.15) is 26.1 Å². The molecule has 27 heteroatoms. The highest BCUT2D eigenvalue weighted by atomic mass is 19.2. The summed E-state index contributed by atoms with van der Waals surface area (Å²) in [6.07, 6.45) is 8.33. The van der Waals surface area contributed by atoms with Crippen LogP contribution in [-0.4, -0.2) is 189 Å². The summed E-state index contributed by atoms with van der Waals surface area (Å²) < 4.78 is 77.9. The molecule has 6 aromatic rings. The number of carbonyl (C=O) groups excluding carboxylic acids is 10. The number of aldehydes is 1. The van der Waals surface area contributed by atoms with E-state index in [1.807, 2.05) is 57.2 Å². The van der Waals surface area contributed by atoms with Crippen molar-refractivity contribution in [2.24, 2.45) is 68.0 Å². The van der Waals surface area contributed by atoms with Crippen LogP contribution >= 0.6 is 0 Å². The van der Waals surface area contributed by atoms with E-state index in [-0.39, 0.29) is 85.1 Å². The largest absolute Gasteiger partial charge is 0.399 e. The number of ether oxygens (including phenoxy) is 4. The van der Waals surface area contributed by atoms with Crippen LogP contribution in [-0.2, 0) is 67.0 Å². The van der Waals surface area contributed by atoms with E-state index in [2.05, 4.69) is 0 Å². The van der Waals surface area contributed by atoms with E-state index in [0.717, 1.165) is 28.5 Å². The number of carbonyl (C=O) groups is 10. The first-order chi connectivity index (χ1) is 64.4. The lowest BCUT2D eigenvalue weighted by Gasteiger charge is -2.62. The summed E-state index contributed by atoms with van der Waals surface area (Å²) >= 11 is 0. The number of aryl methyl sites for hydroxylation is 1. The summed E-state index contributed by atoms with van der Waals surface area (Å²) in [6.45, 7) is 9.96. The minimum absolute atomic E-state index is 0.0135. The van der Waals surface area contributed by atoms with Crippen molar-refractivity contribution in [1.29, 1.82) is 0 Å². The Balaban J connectivity index is 0.000000132. The maximum absolute atomic E-state index is 17.5. The molecule has 0 radical (unpaired) electrons. The van der Waals surface area contributed by atoms with E-state index in [1.54, 1.807) is 149 Å². The Bertz CT molecular complexity index is 5830. The van der Waals surface area contributed by atoms with E-state index >= 15 is 13.2 Å². The zero-order valence-electron chi connectivity index (χ0n) is 77.0. The molecule has 716 valence electrons. The van der Waals surface area contributed by atoms with Crippen LogP contribution in [0.15, 0.2) is 217 Å². The van der Waals surface area contributed by atoms with Gasteiger partial charge < -0.3 is 71.3 Å². The molecule has 11 fully saturated rings. The summed E-state index contributed by atoms with van der Waals surface area (Å²) in [5, 5.41) is 85.9. The second-order valence-electron chi connectivity index (χ2n) is 41.4. The van der Waals surface area contributed by atoms with Crippen LogP contribution in [0.2, 0.25) is 0 Å². The van der Waals surface area contributed by atoms with Gasteiger partial charge in [-0.25, -0.2) is 13.2 Å². The molecule has 136 heavy (non-hydrogen) atoms. The normalized spacial score (nSPS) is 38.5. The predicted molar refractivity (Wildman–Crippen MR) is 493 cm³/mol. The van der Waals surface area contributed by atoms with Gasteiger partial charge >= 0.3 is 0 Å². The SMILES string of the molecule is C[C@]12C=CC(=O)C=C1CC[C@H]1[C@@H]3C[C@@H](O)[C@](O)(C(=O)CO)[C@@]3(C)C[C@H](O)[C@@]12F.C[C@]12C=CC(=O)C=C1CC[C@H]1[C@@H]3C[C@H]4O[C@@H](c5ccc(C(=O)Cc6cccc(N)c6)cc5)O[C@@]4(C(=O)CO)[C@@]3(C)C[C@H](O)[C@@]12F.C[C@]12C=CC(=O)C=C1CC[C@H]1[C@@H]3C[C@H]4O[C@H](c5ccc(C(=O)Cc6cccc(N)c6)cc5)O[C@@]4(C(=O)CO)[C@@]3(C)C[C@H](O)[C@@]12F.Cc1cccc(CC(=O)c2ccc(C=O)cc2)c1. The number of ketones is 9. The maximum Gasteiger partial charge on any atom is 0.193 e. The second kappa shape index (κ2) is 35.4. The number of alkyl halides is 3. The van der Waals surface area contributed by atoms with E-state index < -0.39 is 176 Å². The number of nitrogen functional groups attached to an aromatic ring is 2. The lowest BCUT2D eigenvalue weighted by Crippen LogP contribution is -2.69. The van der Waals surface area contributed by atoms with Crippen molar-refractivity contribution in [1.82, 2.24) is 0 Å². The molecule has 0 spiro atoms. The number of Topliss-reactive ketones (excluding diaryl/α,β-unsaturated/α-hetero) is 6. The molecule has 12 aliphatic carbocycles. The van der Waals surface area contributed by atoms with Crippen molar-refractivity contribution in [3.05, 3.63) is 273 Å². The van der Waals surface area contributed by atoms with E-state index in [1.165, 1.54) is 42.5 Å². The lowest BCUT2D eigenvalue weighted by molar-refractivity contribution is -0.231. The van der Waals surface area contributed by atoms with Gasteiger partial charge in [0.2, 0.25) is 0 Å². The van der Waals surface area contributed by atoms with Crippen molar-refractivity contribution in [3.63, 3.8) is 0 Å². The standard InChI is InChI=1S/2C36H38FNO7.C21H27FO6.C16H14O2/c2*1-33-13-12-25(40)16-23(33)10-11-26-27-17-31-36(30(43)19-39,34(27,2)18-29(42)35(26,33)37)45-32(44-31)22-8-6-21(7-9-22)28(41)15-20-4-3-5-24(38)14-20;1-18-6-5-12(24)7-11(18)3-4-13-14-8-15(25)21(28,17(27)10-23)19(14,2)9-16(26)20(13,18)22;1-12-3-2-4-14(9-12)10-16(18)15-7-5-13(11-17)6-8-15/h2*3-9,12-14,16,26-27,29,31-32,39,42H,10-11,15,17-19,38H2,1-2H3;5-7,13-16,23,25-26,28H,3-4,8-10H2,1-2H3;2-9,11H,10H2,1H3/t26-,27-,29-,31+,32+,33-,34-,35-,36+;26-,27-,29-,31+,32-,33-,34-,35-,36+;13-,14-,15+,16-,18-,19-,20-,21-;/m000./s1. The summed E-state index contributed by atoms with van der Waals surface area (Å²) in [7, 11) is 0. The number of allylic oxidation sites excluding steroid dienone is 12. The van der Waals surface area contributed by atoms with Gasteiger partial charge in [0.25, 0.3) is 0 Å². The van der Waals surface area contributed by atoms with Gasteiger partial charge in [-0.3, -0.25) is 47.9 Å². The lowest BCUT2D eigenvalue weighted by atomic mass is 9.44. The van der Waals surface area contributed by atoms with Crippen LogP contribution in [0.1, 0.15) is 206 Å². The molecule has 14 aliphatic rings. The van der Waals surface area contributed by atoms with Gasteiger partial charge in [-0.05, 0) is 200 Å². The fourth-order valence-electron chi connectivity index (χ4n) is 27.8. The van der Waals surface area contributed by atoms with Crippen LogP contribution in [0.4, 0.5) is 24.5 Å². The summed E-state index contributed by atoms with van der Waals surface area (Å²) in [5.41, 5.74) is 3.60. The number of anilines is 2. The molecule has 0 amide bonds. The molecule has 0 bridgehead atoms. The van der Waals surface area contributed by atoms with Crippen molar-refractivity contribution >= 4 is 69.7 Å². The van der Waals surface area contributed by atoms with Crippen LogP contribution < -0.4 is 11.5 Å². The molecule has 2 aliphatic heterocycles. The Hall–Kier alpha value is -10.6. The number of hydrogen-bond donors (Lipinski definition) is 10. The molecule has 2 heterocycles. The monoisotopic (exact) mass is 1860 g/mol. The molecule has 9 saturated carbocycles. The highest BCUT2D eigenvalue weighted by molar-refractivity contribution is 6.04. The molecular formula is C109H117F3N2O22. The Morgan fingerprint density at radius 2 is 0.757 bits per heavy atom. The van der Waals surface area contributed by atoms with Gasteiger partial charge in [0.15, 0.2) is 98.4 Å². The average Bonchev–Trinajstić information content (AvgIpc) is 1.50. The predicted octanol–water partition coefficient (Wildman–Crippen LogP) is 12.6. The third-order valence-corrected chi connectivity index (χ3v) is 34.8. The minimum Gasteiger partial charge on any atom is -0.399 e. The number of rotatable bonds is 18. The number of aliphatic hydroxyl groups is 8. The summed E-state index contributed by atoms with van der Waals surface area (Å²) in [6, 6.07) is 42.7. The smallest absolute Gasteiger partial charge is 0.193 e. The molecule has 0 unspecified atom stereocenters. The quantitative estimate of drug-likeness (QED) is 0.0217. The van der Waals surface area contributed by atoms with Crippen LogP contribution in [0, 0.1) is 74.9 Å². The Morgan fingerprint density at radius 1 is 0.426 bits per heavy atom. The van der Waals surface area contributed by atoms with Gasteiger partial charge in [0, 0.05) is 114 Å². The molecule has 26 atom stereocenters. The summed E-state index contributed by atoms with van der Waals surface area (Å²) in [5.74, 6) is -5.99. The number of nitrogens with two attached hydrogens (primary N) is 2. The van der Waals surface area contributed by atoms with Gasteiger partial charge in [-0.15, -0.1) is 0 Å². The number of hydrogen-bond acceptors (Lipinski definition) is 24. The Kier molecular flexibility index (Phi) is 25.2. The Labute approximate surface area is 786 Å². The van der Waals surface area contributed by atoms with Crippen LogP contribution in [0.3, 0.4) is 0 Å². The first kappa shape index (κ1) is 97.0. The van der Waals surface area contributed by atoms with Crippen molar-refractivity contribution in [3.8, 4) is 0 Å². The summed E-state index contributed by atoms with van der Waals surface area (Å²) in [4.78, 5) is 124. The van der Waals surface area contributed by atoms with Crippen molar-refractivity contribution in [2.75, 3.05) is 31.3 Å². The van der Waals surface area contributed by atoms with E-state index in [4.69, 9.17) is 30.4 Å². The molecular weight excluding hydrogens is 1750 g/mol. The first-order valence-electron chi connectivity index (χ1n) is 46.9. The molecule has 12 N–H and O–H groups in total. The number of halogens is 3. The highest BCUT2D eigenvalue weighted by Crippen LogP contribution is 2.76. The van der Waals surface area contributed by atoms with E-state index in [9.17, 15) is 88.8 Å². The highest BCUT2D eigenvalue weighted by Gasteiger charge is 2.83. The molecule has 20 rings (SSSR count). The number of fused-ring (bicyclic) bond motifs is 19. The molecule has 6 aromatic carbocycles. The minimum atomic E-state index is -2.23. The fourth-order valence-corrected chi connectivity index (χ4v) is 27.8. The maximum atomic E-state index is 17.5. The van der Waals surface area contributed by atoms with Gasteiger partial charge in [-0.1, -0.05) is 183 Å². The fraction of sp³-hybridized carbons (Fsp3) is 0.468. The zero-order valence-corrected chi connectivity index (χ0v) is 77.0. The second-order valence-corrected chi connectivity index (χ2v) is 41.4. The third kappa shape index (κ3) is 14.8. The van der Waals surface area contributed by atoms with Crippen LogP contribution in [0.25, 0.3) is 0 Å². The van der Waals surface area contributed by atoms with Gasteiger partial charge in [-0.2, -0.15) is 0 Å². The number of benzene rings is 6. The van der Waals surface area contributed by atoms with Gasteiger partial charge in [0.05, 0.1) is 36.6 Å².